The van der Waals surface area contributed by atoms with Gasteiger partial charge in [-0.15, -0.1) is 0 Å². The van der Waals surface area contributed by atoms with Crippen molar-refractivity contribution in [3.05, 3.63) is 29.8 Å². The fourth-order valence-corrected chi connectivity index (χ4v) is 4.01. The molecule has 1 spiro atoms. The Labute approximate surface area is 127 Å². The summed E-state index contributed by atoms with van der Waals surface area (Å²) >= 11 is 0. The molecular weight excluding hydrogens is 260 g/mol. The van der Waals surface area contributed by atoms with Crippen LogP contribution in [0.25, 0.3) is 0 Å². The lowest BCUT2D eigenvalue weighted by Gasteiger charge is -2.39. The quantitative estimate of drug-likeness (QED) is 0.866. The number of nitrogen functional groups attached to an aromatic ring is 1. The molecule has 1 saturated heterocycles. The fraction of sp³-hybridized carbons (Fsp3) is 0.611. The van der Waals surface area contributed by atoms with E-state index in [0.29, 0.717) is 17.7 Å². The van der Waals surface area contributed by atoms with Gasteiger partial charge in [-0.3, -0.25) is 4.79 Å². The Balaban J connectivity index is 1.48. The first-order chi connectivity index (χ1) is 10.2. The molecule has 2 N–H and O–H groups in total. The van der Waals surface area contributed by atoms with Crippen LogP contribution in [0, 0.1) is 5.41 Å². The highest BCUT2D eigenvalue weighted by atomic mass is 16.2. The molecule has 3 heteroatoms. The summed E-state index contributed by atoms with van der Waals surface area (Å²) in [7, 11) is 0. The van der Waals surface area contributed by atoms with Gasteiger partial charge in [0, 0.05) is 25.2 Å². The molecule has 1 aromatic rings. The Hall–Kier alpha value is -1.51. The molecule has 21 heavy (non-hydrogen) atoms. The van der Waals surface area contributed by atoms with Crippen LogP contribution in [0.2, 0.25) is 0 Å². The Morgan fingerprint density at radius 3 is 2.52 bits per heavy atom. The molecule has 3 nitrogen and oxygen atoms in total. The van der Waals surface area contributed by atoms with Gasteiger partial charge in [-0.05, 0) is 55.2 Å². The average Bonchev–Trinajstić information content (AvgIpc) is 2.94. The lowest BCUT2D eigenvalue weighted by molar-refractivity contribution is -0.133. The number of anilines is 1. The first-order valence-corrected chi connectivity index (χ1v) is 8.29. The smallest absolute Gasteiger partial charge is 0.222 e. The van der Waals surface area contributed by atoms with Crippen molar-refractivity contribution in [2.45, 2.75) is 51.4 Å². The molecule has 0 bridgehead atoms. The largest absolute Gasteiger partial charge is 0.399 e. The van der Waals surface area contributed by atoms with Crippen molar-refractivity contribution in [2.75, 3.05) is 18.8 Å². The van der Waals surface area contributed by atoms with E-state index in [2.05, 4.69) is 4.90 Å². The lowest BCUT2D eigenvalue weighted by Crippen LogP contribution is -2.42. The van der Waals surface area contributed by atoms with Crippen molar-refractivity contribution in [3.8, 4) is 0 Å². The van der Waals surface area contributed by atoms with Crippen LogP contribution in [0.4, 0.5) is 5.69 Å². The average molecular weight is 286 g/mol. The van der Waals surface area contributed by atoms with Crippen LogP contribution in [0.15, 0.2) is 24.3 Å². The molecule has 1 saturated carbocycles. The Bertz CT molecular complexity index is 496. The van der Waals surface area contributed by atoms with Crippen molar-refractivity contribution in [1.82, 2.24) is 4.90 Å². The van der Waals surface area contributed by atoms with Gasteiger partial charge in [0.2, 0.25) is 5.91 Å². The van der Waals surface area contributed by atoms with E-state index in [4.69, 9.17) is 5.73 Å². The van der Waals surface area contributed by atoms with Crippen LogP contribution in [0.3, 0.4) is 0 Å². The predicted molar refractivity (Wildman–Crippen MR) is 85.9 cm³/mol. The number of hydrogen-bond acceptors (Lipinski definition) is 2. The second-order valence-electron chi connectivity index (χ2n) is 6.83. The molecule has 0 aromatic heterocycles. The zero-order valence-corrected chi connectivity index (χ0v) is 12.8. The van der Waals surface area contributed by atoms with E-state index < -0.39 is 0 Å². The third-order valence-electron chi connectivity index (χ3n) is 5.42. The van der Waals surface area contributed by atoms with E-state index in [0.717, 1.165) is 30.8 Å². The van der Waals surface area contributed by atoms with Gasteiger partial charge in [0.25, 0.3) is 0 Å². The van der Waals surface area contributed by atoms with Gasteiger partial charge in [0.15, 0.2) is 0 Å². The summed E-state index contributed by atoms with van der Waals surface area (Å²) in [5, 5.41) is 0. The maximum atomic E-state index is 12.4. The number of carbonyl (C=O) groups excluding carboxylic acids is 1. The summed E-state index contributed by atoms with van der Waals surface area (Å²) in [6.07, 6.45) is 9.40. The number of nitrogens with two attached hydrogens (primary N) is 1. The van der Waals surface area contributed by atoms with Crippen molar-refractivity contribution in [1.29, 1.82) is 0 Å². The van der Waals surface area contributed by atoms with Gasteiger partial charge >= 0.3 is 0 Å². The minimum Gasteiger partial charge on any atom is -0.399 e. The second kappa shape index (κ2) is 6.08. The van der Waals surface area contributed by atoms with Crippen LogP contribution >= 0.6 is 0 Å². The number of hydrogen-bond donors (Lipinski definition) is 1. The van der Waals surface area contributed by atoms with Crippen molar-refractivity contribution in [2.24, 2.45) is 5.41 Å². The monoisotopic (exact) mass is 286 g/mol. The minimum atomic E-state index is 0.310. The van der Waals surface area contributed by atoms with Crippen LogP contribution in [0.5, 0.6) is 0 Å². The molecule has 1 aliphatic carbocycles. The van der Waals surface area contributed by atoms with E-state index in [1.54, 1.807) is 0 Å². The first-order valence-electron chi connectivity index (χ1n) is 8.29. The number of piperidine rings is 1. The number of carbonyl (C=O) groups is 1. The van der Waals surface area contributed by atoms with Gasteiger partial charge in [0.05, 0.1) is 0 Å². The second-order valence-corrected chi connectivity index (χ2v) is 6.83. The number of amides is 1. The molecule has 3 rings (SSSR count). The normalized spacial score (nSPS) is 20.9. The van der Waals surface area contributed by atoms with E-state index in [1.807, 2.05) is 24.3 Å². The molecule has 114 valence electrons. The molecule has 0 unspecified atom stereocenters. The maximum Gasteiger partial charge on any atom is 0.222 e. The van der Waals surface area contributed by atoms with Crippen molar-refractivity contribution in [3.63, 3.8) is 0 Å². The number of aryl methyl sites for hydroxylation is 1. The summed E-state index contributed by atoms with van der Waals surface area (Å²) in [5.41, 5.74) is 8.31. The summed E-state index contributed by atoms with van der Waals surface area (Å²) in [6.45, 7) is 1.94. The molecule has 0 atom stereocenters. The topological polar surface area (TPSA) is 46.3 Å². The lowest BCUT2D eigenvalue weighted by atomic mass is 9.77. The van der Waals surface area contributed by atoms with Gasteiger partial charge in [-0.25, -0.2) is 0 Å². The van der Waals surface area contributed by atoms with Gasteiger partial charge in [-0.2, -0.15) is 0 Å². The van der Waals surface area contributed by atoms with Crippen LogP contribution in [0.1, 0.15) is 50.5 Å². The third kappa shape index (κ3) is 3.39. The number of benzene rings is 1. The molecule has 1 heterocycles. The number of nitrogens with zero attached hydrogens (tertiary/aromatic N) is 1. The molecule has 2 fully saturated rings. The van der Waals surface area contributed by atoms with Crippen LogP contribution in [-0.2, 0) is 11.2 Å². The fourth-order valence-electron chi connectivity index (χ4n) is 4.01. The maximum absolute atomic E-state index is 12.4. The van der Waals surface area contributed by atoms with Gasteiger partial charge in [0.1, 0.15) is 0 Å². The molecule has 1 amide bonds. The molecule has 1 aromatic carbocycles. The highest BCUT2D eigenvalue weighted by Crippen LogP contribution is 2.46. The number of rotatable bonds is 3. The van der Waals surface area contributed by atoms with E-state index >= 15 is 0 Å². The standard InChI is InChI=1S/C18H26N2O/c19-16-5-3-4-15(14-16)6-7-17(21)20-12-10-18(11-13-20)8-1-2-9-18/h3-5,14H,1-2,6-13,19H2. The van der Waals surface area contributed by atoms with Gasteiger partial charge < -0.3 is 10.6 Å². The summed E-state index contributed by atoms with van der Waals surface area (Å²) in [6, 6.07) is 7.86. The van der Waals surface area contributed by atoms with Crippen molar-refractivity contribution >= 4 is 11.6 Å². The highest BCUT2D eigenvalue weighted by molar-refractivity contribution is 5.76. The van der Waals surface area contributed by atoms with Gasteiger partial charge in [-0.1, -0.05) is 25.0 Å². The summed E-state index contributed by atoms with van der Waals surface area (Å²) < 4.78 is 0. The third-order valence-corrected chi connectivity index (χ3v) is 5.42. The summed E-state index contributed by atoms with van der Waals surface area (Å²) in [4.78, 5) is 14.4. The van der Waals surface area contributed by atoms with Crippen molar-refractivity contribution < 1.29 is 4.79 Å². The Morgan fingerprint density at radius 2 is 1.86 bits per heavy atom. The highest BCUT2D eigenvalue weighted by Gasteiger charge is 2.37. The zero-order chi connectivity index (χ0) is 14.7. The molecule has 1 aliphatic heterocycles. The van der Waals surface area contributed by atoms with Crippen LogP contribution in [-0.4, -0.2) is 23.9 Å². The van der Waals surface area contributed by atoms with E-state index in [1.165, 1.54) is 38.5 Å². The number of likely N-dealkylation sites (tertiary alicyclic amines) is 1. The zero-order valence-electron chi connectivity index (χ0n) is 12.8. The minimum absolute atomic E-state index is 0.310. The Morgan fingerprint density at radius 1 is 1.14 bits per heavy atom. The Kier molecular flexibility index (Phi) is 4.18. The van der Waals surface area contributed by atoms with E-state index in [-0.39, 0.29) is 0 Å². The molecular formula is C18H26N2O. The first kappa shape index (κ1) is 14.4. The molecule has 2 aliphatic rings. The SMILES string of the molecule is Nc1cccc(CCC(=O)N2CCC3(CCCC3)CC2)c1. The van der Waals surface area contributed by atoms with E-state index in [9.17, 15) is 4.79 Å². The predicted octanol–water partition coefficient (Wildman–Crippen LogP) is 3.38. The van der Waals surface area contributed by atoms with Crippen LogP contribution < -0.4 is 5.73 Å². The molecule has 0 radical (unpaired) electrons. The summed E-state index contributed by atoms with van der Waals surface area (Å²) in [5.74, 6) is 0.310.